The maximum absolute atomic E-state index is 13.0. The van der Waals surface area contributed by atoms with E-state index in [-0.39, 0.29) is 22.5 Å². The van der Waals surface area contributed by atoms with Crippen LogP contribution >= 0.6 is 11.6 Å². The molecule has 5 nitrogen and oxygen atoms in total. The van der Waals surface area contributed by atoms with Crippen LogP contribution in [-0.4, -0.2) is 29.2 Å². The van der Waals surface area contributed by atoms with Crippen molar-refractivity contribution in [2.24, 2.45) is 17.3 Å². The van der Waals surface area contributed by atoms with E-state index in [1.807, 2.05) is 0 Å². The number of carbonyl (C=O) groups is 2. The van der Waals surface area contributed by atoms with Crippen molar-refractivity contribution in [2.45, 2.75) is 50.5 Å². The lowest BCUT2D eigenvalue weighted by atomic mass is 9.47. The summed E-state index contributed by atoms with van der Waals surface area (Å²) in [6, 6.07) is 3.64. The molecule has 5 rings (SSSR count). The first kappa shape index (κ1) is 18.7. The first-order valence-corrected chi connectivity index (χ1v) is 9.75. The second-order valence-corrected chi connectivity index (χ2v) is 9.10. The van der Waals surface area contributed by atoms with Gasteiger partial charge in [-0.2, -0.15) is 0 Å². The molecule has 4 saturated carbocycles. The van der Waals surface area contributed by atoms with Crippen LogP contribution in [0.5, 0.6) is 0 Å². The van der Waals surface area contributed by atoms with Gasteiger partial charge >= 0.3 is 5.97 Å². The highest BCUT2D eigenvalue weighted by atomic mass is 35.5. The van der Waals surface area contributed by atoms with Gasteiger partial charge in [-0.1, -0.05) is 11.6 Å². The van der Waals surface area contributed by atoms with Crippen LogP contribution in [0.2, 0.25) is 5.02 Å². The Balaban J connectivity index is 1.30. The number of hydrogen-bond donors (Lipinski definition) is 2. The smallest absolute Gasteiger partial charge is 0.306 e. The molecule has 4 atom stereocenters. The number of nitrogens with one attached hydrogen (secondary N) is 1. The lowest BCUT2D eigenvalue weighted by Gasteiger charge is -2.60. The molecular weight excluding hydrogens is 373 g/mol. The molecule has 4 aliphatic carbocycles. The summed E-state index contributed by atoms with van der Waals surface area (Å²) < 4.78 is 18.2. The van der Waals surface area contributed by atoms with Crippen molar-refractivity contribution < 1.29 is 23.8 Å². The largest absolute Gasteiger partial charge is 0.456 e. The van der Waals surface area contributed by atoms with Crippen LogP contribution < -0.4 is 5.32 Å². The molecule has 4 aliphatic rings. The van der Waals surface area contributed by atoms with Gasteiger partial charge in [-0.25, -0.2) is 4.39 Å². The van der Waals surface area contributed by atoms with Crippen LogP contribution in [-0.2, 0) is 14.3 Å². The van der Waals surface area contributed by atoms with Crippen molar-refractivity contribution >= 4 is 29.2 Å². The molecule has 0 aromatic heterocycles. The molecule has 4 bridgehead atoms. The van der Waals surface area contributed by atoms with E-state index in [2.05, 4.69) is 5.32 Å². The molecule has 2 unspecified atom stereocenters. The zero-order chi connectivity index (χ0) is 19.2. The first-order chi connectivity index (χ1) is 12.7. The number of anilines is 1. The number of esters is 1. The van der Waals surface area contributed by atoms with Gasteiger partial charge in [0.05, 0.1) is 22.7 Å². The van der Waals surface area contributed by atoms with Gasteiger partial charge in [-0.15, -0.1) is 0 Å². The van der Waals surface area contributed by atoms with E-state index in [0.717, 1.165) is 38.2 Å². The number of rotatable bonds is 5. The number of aliphatic hydroxyl groups is 1. The summed E-state index contributed by atoms with van der Waals surface area (Å²) in [5, 5.41) is 13.3. The molecule has 146 valence electrons. The number of hydrogen-bond acceptors (Lipinski definition) is 4. The van der Waals surface area contributed by atoms with E-state index in [1.165, 1.54) is 12.1 Å². The molecule has 27 heavy (non-hydrogen) atoms. The summed E-state index contributed by atoms with van der Waals surface area (Å²) >= 11 is 5.87. The average Bonchev–Trinajstić information content (AvgIpc) is 2.53. The van der Waals surface area contributed by atoms with Crippen LogP contribution in [0.25, 0.3) is 0 Å². The Labute approximate surface area is 162 Å². The van der Waals surface area contributed by atoms with E-state index in [1.54, 1.807) is 0 Å². The number of carbonyl (C=O) groups excluding carboxylic acids is 2. The van der Waals surface area contributed by atoms with E-state index < -0.39 is 29.9 Å². The van der Waals surface area contributed by atoms with Gasteiger partial charge in [0.15, 0.2) is 6.61 Å². The first-order valence-electron chi connectivity index (χ1n) is 9.37. The van der Waals surface area contributed by atoms with Crippen molar-refractivity contribution in [3.63, 3.8) is 0 Å². The van der Waals surface area contributed by atoms with Crippen molar-refractivity contribution in [2.75, 3.05) is 11.9 Å². The molecule has 7 heteroatoms. The lowest BCUT2D eigenvalue weighted by molar-refractivity contribution is -0.177. The minimum absolute atomic E-state index is 0.0801. The maximum atomic E-state index is 13.0. The average molecular weight is 396 g/mol. The molecule has 0 spiro atoms. The van der Waals surface area contributed by atoms with Crippen LogP contribution in [0.1, 0.15) is 44.9 Å². The molecule has 0 radical (unpaired) electrons. The standard InChI is InChI=1S/C20H23ClFNO4/c21-15-4-14(22)1-2-16(15)23-17(24)10-27-18(25)9-19-5-12-3-13(6-19)8-20(26,7-12)11-19/h1-2,4,12-13,26H,3,5-11H2,(H,23,24)/t12-,13+,19?,20?. The Morgan fingerprint density at radius 3 is 2.59 bits per heavy atom. The molecule has 0 saturated heterocycles. The molecule has 2 N–H and O–H groups in total. The second-order valence-electron chi connectivity index (χ2n) is 8.70. The summed E-state index contributed by atoms with van der Waals surface area (Å²) in [4.78, 5) is 24.3. The normalized spacial score (nSPS) is 33.7. The number of ether oxygens (including phenoxy) is 1. The zero-order valence-electron chi connectivity index (χ0n) is 15.0. The Bertz CT molecular complexity index is 769. The third kappa shape index (κ3) is 3.97. The van der Waals surface area contributed by atoms with Crippen LogP contribution in [0.3, 0.4) is 0 Å². The van der Waals surface area contributed by atoms with Crippen molar-refractivity contribution in [3.05, 3.63) is 29.0 Å². The summed E-state index contributed by atoms with van der Waals surface area (Å²) in [5.41, 5.74) is -0.546. The summed E-state index contributed by atoms with van der Waals surface area (Å²) in [6.45, 7) is -0.417. The minimum atomic E-state index is -0.624. The fourth-order valence-electron chi connectivity index (χ4n) is 5.89. The molecule has 1 amide bonds. The minimum Gasteiger partial charge on any atom is -0.456 e. The highest BCUT2D eigenvalue weighted by molar-refractivity contribution is 6.33. The molecule has 1 aromatic rings. The molecule has 0 aliphatic heterocycles. The van der Waals surface area contributed by atoms with E-state index in [0.29, 0.717) is 18.3 Å². The van der Waals surface area contributed by atoms with Gasteiger partial charge in [-0.3, -0.25) is 9.59 Å². The van der Waals surface area contributed by atoms with Crippen LogP contribution in [0.15, 0.2) is 18.2 Å². The third-order valence-electron chi connectivity index (χ3n) is 6.24. The lowest BCUT2D eigenvalue weighted by Crippen LogP contribution is -2.56. The Morgan fingerprint density at radius 2 is 1.96 bits per heavy atom. The molecule has 1 aromatic carbocycles. The van der Waals surface area contributed by atoms with Gasteiger partial charge in [-0.05, 0) is 74.0 Å². The summed E-state index contributed by atoms with van der Waals surface area (Å²) in [7, 11) is 0. The zero-order valence-corrected chi connectivity index (χ0v) is 15.7. The fourth-order valence-corrected chi connectivity index (χ4v) is 6.10. The number of halogens is 2. The van der Waals surface area contributed by atoms with E-state index in [4.69, 9.17) is 16.3 Å². The van der Waals surface area contributed by atoms with Gasteiger partial charge < -0.3 is 15.2 Å². The van der Waals surface area contributed by atoms with E-state index in [9.17, 15) is 19.1 Å². The van der Waals surface area contributed by atoms with Gasteiger partial charge in [0.2, 0.25) is 0 Å². The van der Waals surface area contributed by atoms with Crippen molar-refractivity contribution in [3.8, 4) is 0 Å². The van der Waals surface area contributed by atoms with Gasteiger partial charge in [0, 0.05) is 0 Å². The Hall–Kier alpha value is -1.66. The SMILES string of the molecule is O=C(COC(=O)CC12C[C@@H]3C[C@@H](CC(O)(C3)C1)C2)Nc1ccc(F)cc1Cl. The fraction of sp³-hybridized carbons (Fsp3) is 0.600. The summed E-state index contributed by atoms with van der Waals surface area (Å²) in [5.74, 6) is -0.454. The van der Waals surface area contributed by atoms with Gasteiger partial charge in [0.25, 0.3) is 5.91 Å². The van der Waals surface area contributed by atoms with Crippen molar-refractivity contribution in [1.82, 2.24) is 0 Å². The number of benzene rings is 1. The van der Waals surface area contributed by atoms with Crippen LogP contribution in [0.4, 0.5) is 10.1 Å². The Kier molecular flexibility index (Phi) is 4.67. The monoisotopic (exact) mass is 395 g/mol. The van der Waals surface area contributed by atoms with Gasteiger partial charge in [0.1, 0.15) is 5.82 Å². The summed E-state index contributed by atoms with van der Waals surface area (Å²) in [6.07, 6.45) is 5.66. The molecule has 0 heterocycles. The predicted molar refractivity (Wildman–Crippen MR) is 97.7 cm³/mol. The predicted octanol–water partition coefficient (Wildman–Crippen LogP) is 3.68. The Morgan fingerprint density at radius 1 is 1.26 bits per heavy atom. The maximum Gasteiger partial charge on any atom is 0.306 e. The molecule has 4 fully saturated rings. The highest BCUT2D eigenvalue weighted by Crippen LogP contribution is 2.62. The number of amides is 1. The van der Waals surface area contributed by atoms with E-state index >= 15 is 0 Å². The highest BCUT2D eigenvalue weighted by Gasteiger charge is 2.57. The molecular formula is C20H23ClFNO4. The van der Waals surface area contributed by atoms with Crippen molar-refractivity contribution in [1.29, 1.82) is 0 Å². The third-order valence-corrected chi connectivity index (χ3v) is 6.55. The van der Waals surface area contributed by atoms with Crippen LogP contribution in [0, 0.1) is 23.1 Å². The topological polar surface area (TPSA) is 75.6 Å². The quantitative estimate of drug-likeness (QED) is 0.746. The second kappa shape index (κ2) is 6.74.